The van der Waals surface area contributed by atoms with Gasteiger partial charge in [0.1, 0.15) is 5.60 Å². The van der Waals surface area contributed by atoms with Gasteiger partial charge < -0.3 is 15.0 Å². The second-order valence-electron chi connectivity index (χ2n) is 5.89. The van der Waals surface area contributed by atoms with Crippen molar-refractivity contribution < 1.29 is 14.3 Å². The van der Waals surface area contributed by atoms with E-state index in [0.717, 1.165) is 0 Å². The lowest BCUT2D eigenvalue weighted by atomic mass is 10.2. The molecule has 0 spiro atoms. The summed E-state index contributed by atoms with van der Waals surface area (Å²) in [4.78, 5) is 27.8. The quantitative estimate of drug-likeness (QED) is 0.511. The van der Waals surface area contributed by atoms with E-state index in [1.165, 1.54) is 4.90 Å². The Morgan fingerprint density at radius 3 is 2.43 bits per heavy atom. The Balaban J connectivity index is 2.44. The summed E-state index contributed by atoms with van der Waals surface area (Å²) in [6.07, 6.45) is -0.439. The molecule has 0 fully saturated rings. The summed E-state index contributed by atoms with van der Waals surface area (Å²) in [6, 6.07) is 6.25. The average molecular weight is 319 g/mol. The summed E-state index contributed by atoms with van der Waals surface area (Å²) >= 11 is 0. The van der Waals surface area contributed by atoms with Crippen molar-refractivity contribution in [2.75, 3.05) is 20.1 Å². The number of hydrogen-bond donors (Lipinski definition) is 1. The molecule has 0 aliphatic heterocycles. The number of carbonyl (C=O) groups excluding carboxylic acids is 2. The highest BCUT2D eigenvalue weighted by atomic mass is 16.6. The Bertz CT molecular complexity index is 601. The van der Waals surface area contributed by atoms with Gasteiger partial charge >= 0.3 is 6.09 Å². The number of likely N-dealkylation sites (N-methyl/N-ethyl adjacent to an activating group) is 1. The van der Waals surface area contributed by atoms with E-state index in [1.54, 1.807) is 52.1 Å². The Kier molecular flexibility index (Phi) is 6.41. The molecule has 124 valence electrons. The number of carbonyl (C=O) groups is 2. The summed E-state index contributed by atoms with van der Waals surface area (Å²) < 4.78 is 5.21. The number of nitrogens with one attached hydrogen (secondary N) is 1. The van der Waals surface area contributed by atoms with Gasteiger partial charge in [0.05, 0.1) is 0 Å². The fourth-order valence-corrected chi connectivity index (χ4v) is 1.60. The van der Waals surface area contributed by atoms with Crippen LogP contribution in [0.15, 0.2) is 29.4 Å². The molecular formula is C15H21N5O3. The van der Waals surface area contributed by atoms with Crippen LogP contribution in [0.1, 0.15) is 31.1 Å². The zero-order valence-corrected chi connectivity index (χ0v) is 13.7. The average Bonchev–Trinajstić information content (AvgIpc) is 2.46. The van der Waals surface area contributed by atoms with Gasteiger partial charge in [-0.2, -0.15) is 0 Å². The van der Waals surface area contributed by atoms with E-state index in [0.29, 0.717) is 24.3 Å². The molecule has 1 N–H and O–H groups in total. The van der Waals surface area contributed by atoms with Crippen LogP contribution in [0.3, 0.4) is 0 Å². The first-order valence-corrected chi connectivity index (χ1v) is 7.10. The Morgan fingerprint density at radius 2 is 1.91 bits per heavy atom. The van der Waals surface area contributed by atoms with E-state index in [2.05, 4.69) is 15.3 Å². The highest BCUT2D eigenvalue weighted by Gasteiger charge is 2.19. The van der Waals surface area contributed by atoms with Gasteiger partial charge in [0.2, 0.25) is 0 Å². The number of benzene rings is 1. The molecule has 1 rings (SSSR count). The standard InChI is InChI=1S/C15H21N5O3/c1-15(2,3)23-14(22)20(4)10-9-17-13(21)11-5-7-12(8-6-11)18-19-16/h5-8H,9-10H2,1-4H3,(H,17,21). The molecule has 0 atom stereocenters. The van der Waals surface area contributed by atoms with Crippen LogP contribution < -0.4 is 5.32 Å². The van der Waals surface area contributed by atoms with Crippen LogP contribution in [-0.2, 0) is 4.74 Å². The van der Waals surface area contributed by atoms with E-state index in [-0.39, 0.29) is 5.91 Å². The molecule has 0 radical (unpaired) electrons. The summed E-state index contributed by atoms with van der Waals surface area (Å²) in [6.45, 7) is 6.01. The highest BCUT2D eigenvalue weighted by molar-refractivity contribution is 5.94. The number of azide groups is 1. The first-order valence-electron chi connectivity index (χ1n) is 7.10. The molecule has 0 bridgehead atoms. The number of rotatable bonds is 5. The third kappa shape index (κ3) is 6.71. The number of amides is 2. The minimum atomic E-state index is -0.553. The normalized spacial score (nSPS) is 10.4. The van der Waals surface area contributed by atoms with Crippen molar-refractivity contribution in [3.63, 3.8) is 0 Å². The predicted molar refractivity (Wildman–Crippen MR) is 86.4 cm³/mol. The van der Waals surface area contributed by atoms with Crippen LogP contribution in [-0.4, -0.2) is 42.6 Å². The monoisotopic (exact) mass is 319 g/mol. The van der Waals surface area contributed by atoms with Crippen molar-refractivity contribution in [1.29, 1.82) is 0 Å². The molecule has 1 aromatic carbocycles. The first-order chi connectivity index (χ1) is 10.7. The van der Waals surface area contributed by atoms with Crippen molar-refractivity contribution in [1.82, 2.24) is 10.2 Å². The fourth-order valence-electron chi connectivity index (χ4n) is 1.60. The maximum absolute atomic E-state index is 11.9. The summed E-state index contributed by atoms with van der Waals surface area (Å²) in [5, 5.41) is 6.14. The summed E-state index contributed by atoms with van der Waals surface area (Å²) in [5.41, 5.74) is 8.65. The van der Waals surface area contributed by atoms with Gasteiger partial charge in [-0.3, -0.25) is 4.79 Å². The van der Waals surface area contributed by atoms with Gasteiger partial charge in [0.25, 0.3) is 5.91 Å². The van der Waals surface area contributed by atoms with Crippen molar-refractivity contribution in [3.05, 3.63) is 40.3 Å². The largest absolute Gasteiger partial charge is 0.444 e. The molecule has 0 aliphatic carbocycles. The van der Waals surface area contributed by atoms with E-state index >= 15 is 0 Å². The number of nitrogens with zero attached hydrogens (tertiary/aromatic N) is 4. The lowest BCUT2D eigenvalue weighted by Gasteiger charge is -2.24. The topological polar surface area (TPSA) is 107 Å². The molecule has 23 heavy (non-hydrogen) atoms. The smallest absolute Gasteiger partial charge is 0.410 e. The third-order valence-corrected chi connectivity index (χ3v) is 2.73. The third-order valence-electron chi connectivity index (χ3n) is 2.73. The van der Waals surface area contributed by atoms with E-state index in [9.17, 15) is 9.59 Å². The summed E-state index contributed by atoms with van der Waals surface area (Å²) in [5.74, 6) is -0.268. The lowest BCUT2D eigenvalue weighted by molar-refractivity contribution is 0.0299. The lowest BCUT2D eigenvalue weighted by Crippen LogP contribution is -2.39. The molecule has 0 heterocycles. The van der Waals surface area contributed by atoms with Crippen LogP contribution in [0.4, 0.5) is 10.5 Å². The zero-order chi connectivity index (χ0) is 17.5. The Hall–Kier alpha value is -2.73. The molecule has 8 heteroatoms. The minimum Gasteiger partial charge on any atom is -0.444 e. The second-order valence-corrected chi connectivity index (χ2v) is 5.89. The molecule has 1 aromatic rings. The number of hydrogen-bond acceptors (Lipinski definition) is 4. The molecule has 0 aromatic heterocycles. The maximum atomic E-state index is 11.9. The van der Waals surface area contributed by atoms with Crippen molar-refractivity contribution >= 4 is 17.7 Å². The van der Waals surface area contributed by atoms with Gasteiger partial charge in [-0.15, -0.1) is 0 Å². The minimum absolute atomic E-state index is 0.268. The van der Waals surface area contributed by atoms with Gasteiger partial charge in [0, 0.05) is 36.3 Å². The van der Waals surface area contributed by atoms with Crippen LogP contribution in [0.5, 0.6) is 0 Å². The molecular weight excluding hydrogens is 298 g/mol. The van der Waals surface area contributed by atoms with Crippen LogP contribution in [0, 0.1) is 0 Å². The van der Waals surface area contributed by atoms with Crippen molar-refractivity contribution in [2.45, 2.75) is 26.4 Å². The zero-order valence-electron chi connectivity index (χ0n) is 13.7. The molecule has 2 amide bonds. The van der Waals surface area contributed by atoms with Gasteiger partial charge in [0.15, 0.2) is 0 Å². The Labute approximate surface area is 135 Å². The van der Waals surface area contributed by atoms with Crippen LogP contribution >= 0.6 is 0 Å². The molecule has 0 aliphatic rings. The van der Waals surface area contributed by atoms with Crippen molar-refractivity contribution in [3.8, 4) is 0 Å². The maximum Gasteiger partial charge on any atom is 0.410 e. The van der Waals surface area contributed by atoms with E-state index in [4.69, 9.17) is 10.3 Å². The van der Waals surface area contributed by atoms with E-state index < -0.39 is 11.7 Å². The first kappa shape index (κ1) is 18.3. The predicted octanol–water partition coefficient (Wildman–Crippen LogP) is 3.23. The van der Waals surface area contributed by atoms with Gasteiger partial charge in [-0.05, 0) is 38.4 Å². The molecule has 0 unspecified atom stereocenters. The Morgan fingerprint density at radius 1 is 1.30 bits per heavy atom. The van der Waals surface area contributed by atoms with Crippen LogP contribution in [0.2, 0.25) is 0 Å². The van der Waals surface area contributed by atoms with Crippen LogP contribution in [0.25, 0.3) is 10.4 Å². The van der Waals surface area contributed by atoms with Gasteiger partial charge in [-0.25, -0.2) is 4.79 Å². The SMILES string of the molecule is CN(CCNC(=O)c1ccc(N=[N+]=[N-])cc1)C(=O)OC(C)(C)C. The molecule has 0 saturated heterocycles. The van der Waals surface area contributed by atoms with Crippen molar-refractivity contribution in [2.24, 2.45) is 5.11 Å². The summed E-state index contributed by atoms with van der Waals surface area (Å²) in [7, 11) is 1.61. The van der Waals surface area contributed by atoms with Gasteiger partial charge in [-0.1, -0.05) is 17.2 Å². The fraction of sp³-hybridized carbons (Fsp3) is 0.467. The molecule has 0 saturated carbocycles. The number of ether oxygens (including phenoxy) is 1. The molecule has 8 nitrogen and oxygen atoms in total. The second kappa shape index (κ2) is 8.05. The van der Waals surface area contributed by atoms with E-state index in [1.807, 2.05) is 0 Å². The highest BCUT2D eigenvalue weighted by Crippen LogP contribution is 2.13.